The van der Waals surface area contributed by atoms with Gasteiger partial charge in [-0.2, -0.15) is 0 Å². The number of ether oxygens (including phenoxy) is 1. The molecular formula is C28H23FN2O3S. The van der Waals surface area contributed by atoms with E-state index in [1.165, 1.54) is 23.9 Å². The zero-order chi connectivity index (χ0) is 24.6. The molecule has 0 radical (unpaired) electrons. The zero-order valence-electron chi connectivity index (χ0n) is 18.9. The molecule has 7 heteroatoms. The molecular weight excluding hydrogens is 463 g/mol. The van der Waals surface area contributed by atoms with Crippen LogP contribution in [-0.2, 0) is 4.79 Å². The van der Waals surface area contributed by atoms with Crippen molar-refractivity contribution in [3.05, 3.63) is 120 Å². The van der Waals surface area contributed by atoms with Crippen LogP contribution in [0.15, 0.2) is 108 Å². The van der Waals surface area contributed by atoms with Crippen molar-refractivity contribution in [2.45, 2.75) is 10.1 Å². The Kier molecular flexibility index (Phi) is 7.80. The Balaban J connectivity index is 1.47. The summed E-state index contributed by atoms with van der Waals surface area (Å²) in [7, 11) is 1.57. The number of amides is 2. The number of thioether (sulfide) groups is 1. The molecule has 0 aromatic heterocycles. The largest absolute Gasteiger partial charge is 0.497 e. The van der Waals surface area contributed by atoms with Gasteiger partial charge in [-0.3, -0.25) is 9.59 Å². The fraction of sp³-hybridized carbons (Fsp3) is 0.0714. The molecule has 1 atom stereocenters. The van der Waals surface area contributed by atoms with Crippen LogP contribution in [0.3, 0.4) is 0 Å². The van der Waals surface area contributed by atoms with Crippen molar-refractivity contribution in [1.29, 1.82) is 0 Å². The number of rotatable bonds is 8. The van der Waals surface area contributed by atoms with Gasteiger partial charge in [-0.25, -0.2) is 4.39 Å². The van der Waals surface area contributed by atoms with Crippen molar-refractivity contribution >= 4 is 35.0 Å². The van der Waals surface area contributed by atoms with E-state index >= 15 is 0 Å². The van der Waals surface area contributed by atoms with Crippen molar-refractivity contribution in [1.82, 2.24) is 0 Å². The van der Waals surface area contributed by atoms with Crippen LogP contribution >= 0.6 is 11.8 Å². The van der Waals surface area contributed by atoms with E-state index in [4.69, 9.17) is 4.74 Å². The van der Waals surface area contributed by atoms with Gasteiger partial charge in [0.05, 0.1) is 12.8 Å². The number of benzene rings is 4. The van der Waals surface area contributed by atoms with Crippen LogP contribution in [-0.4, -0.2) is 18.9 Å². The van der Waals surface area contributed by atoms with Gasteiger partial charge >= 0.3 is 0 Å². The average molecular weight is 487 g/mol. The van der Waals surface area contributed by atoms with Crippen LogP contribution in [0.1, 0.15) is 21.2 Å². The van der Waals surface area contributed by atoms with Gasteiger partial charge in [0.2, 0.25) is 5.91 Å². The van der Waals surface area contributed by atoms with Gasteiger partial charge in [0.15, 0.2) is 0 Å². The minimum atomic E-state index is -0.601. The van der Waals surface area contributed by atoms with E-state index in [1.807, 2.05) is 42.5 Å². The molecule has 176 valence electrons. The van der Waals surface area contributed by atoms with E-state index < -0.39 is 11.1 Å². The van der Waals surface area contributed by atoms with Crippen molar-refractivity contribution in [2.75, 3.05) is 17.7 Å². The van der Waals surface area contributed by atoms with Gasteiger partial charge in [-0.15, -0.1) is 11.8 Å². The standard InChI is InChI=1S/C28H23FN2O3S/c1-34-22-15-11-20(12-16-22)27(32)30-21-13-17-23(18-14-21)35-26(19-7-3-2-4-8-19)28(33)31-25-10-6-5-9-24(25)29/h2-18,26H,1H3,(H,30,32)(H,31,33). The second-order valence-electron chi connectivity index (χ2n) is 7.58. The summed E-state index contributed by atoms with van der Waals surface area (Å²) in [5, 5.41) is 4.95. The molecule has 0 fully saturated rings. The molecule has 0 heterocycles. The average Bonchev–Trinajstić information content (AvgIpc) is 2.90. The van der Waals surface area contributed by atoms with E-state index in [-0.39, 0.29) is 17.5 Å². The highest BCUT2D eigenvalue weighted by Gasteiger charge is 2.23. The lowest BCUT2D eigenvalue weighted by atomic mass is 10.1. The van der Waals surface area contributed by atoms with Gasteiger partial charge < -0.3 is 15.4 Å². The van der Waals surface area contributed by atoms with Crippen LogP contribution < -0.4 is 15.4 Å². The lowest BCUT2D eigenvalue weighted by molar-refractivity contribution is -0.115. The number of carbonyl (C=O) groups is 2. The monoisotopic (exact) mass is 486 g/mol. The summed E-state index contributed by atoms with van der Waals surface area (Å²) in [5.41, 5.74) is 2.07. The summed E-state index contributed by atoms with van der Waals surface area (Å²) in [4.78, 5) is 26.5. The molecule has 0 aliphatic carbocycles. The molecule has 5 nitrogen and oxygen atoms in total. The summed E-state index contributed by atoms with van der Waals surface area (Å²) >= 11 is 1.34. The van der Waals surface area contributed by atoms with Gasteiger partial charge in [-0.05, 0) is 66.2 Å². The number of carbonyl (C=O) groups excluding carboxylic acids is 2. The summed E-state index contributed by atoms with van der Waals surface area (Å²) in [5.74, 6) is -0.382. The third-order valence-electron chi connectivity index (χ3n) is 5.19. The molecule has 0 spiro atoms. The number of hydrogen-bond donors (Lipinski definition) is 2. The first-order valence-corrected chi connectivity index (χ1v) is 11.7. The second-order valence-corrected chi connectivity index (χ2v) is 8.76. The van der Waals surface area contributed by atoms with Crippen molar-refractivity contribution in [3.8, 4) is 5.75 Å². The van der Waals surface area contributed by atoms with E-state index in [0.717, 1.165) is 10.5 Å². The number of nitrogens with one attached hydrogen (secondary N) is 2. The predicted octanol–water partition coefficient (Wildman–Crippen LogP) is 6.56. The molecule has 0 aliphatic heterocycles. The first kappa shape index (κ1) is 24.0. The molecule has 1 unspecified atom stereocenters. The SMILES string of the molecule is COc1ccc(C(=O)Nc2ccc(SC(C(=O)Nc3ccccc3F)c3ccccc3)cc2)cc1. The van der Waals surface area contributed by atoms with Gasteiger partial charge in [0.25, 0.3) is 5.91 Å². The molecule has 35 heavy (non-hydrogen) atoms. The molecule has 0 saturated heterocycles. The molecule has 0 bridgehead atoms. The first-order chi connectivity index (χ1) is 17.0. The second kappa shape index (κ2) is 11.4. The highest BCUT2D eigenvalue weighted by Crippen LogP contribution is 2.37. The minimum Gasteiger partial charge on any atom is -0.497 e. The molecule has 2 amide bonds. The maximum Gasteiger partial charge on any atom is 0.255 e. The molecule has 4 aromatic rings. The van der Waals surface area contributed by atoms with Crippen LogP contribution in [0, 0.1) is 5.82 Å². The lowest BCUT2D eigenvalue weighted by Gasteiger charge is -2.17. The van der Waals surface area contributed by atoms with E-state index in [1.54, 1.807) is 55.6 Å². The van der Waals surface area contributed by atoms with Crippen LogP contribution in [0.4, 0.5) is 15.8 Å². The molecule has 2 N–H and O–H groups in total. The van der Waals surface area contributed by atoms with Gasteiger partial charge in [0, 0.05) is 16.1 Å². The minimum absolute atomic E-state index is 0.135. The summed E-state index contributed by atoms with van der Waals surface area (Å²) < 4.78 is 19.2. The topological polar surface area (TPSA) is 67.4 Å². The number of anilines is 2. The van der Waals surface area contributed by atoms with Gasteiger partial charge in [-0.1, -0.05) is 42.5 Å². The van der Waals surface area contributed by atoms with E-state index in [9.17, 15) is 14.0 Å². The van der Waals surface area contributed by atoms with Gasteiger partial charge in [0.1, 0.15) is 16.8 Å². The molecule has 0 aliphatic rings. The van der Waals surface area contributed by atoms with Crippen LogP contribution in [0.2, 0.25) is 0 Å². The Bertz CT molecular complexity index is 1300. The Morgan fingerprint density at radius 3 is 2.11 bits per heavy atom. The van der Waals surface area contributed by atoms with Crippen molar-refractivity contribution in [2.24, 2.45) is 0 Å². The Labute approximate surface area is 207 Å². The third-order valence-corrected chi connectivity index (χ3v) is 6.46. The zero-order valence-corrected chi connectivity index (χ0v) is 19.7. The normalized spacial score (nSPS) is 11.4. The number of halogens is 1. The predicted molar refractivity (Wildman–Crippen MR) is 137 cm³/mol. The van der Waals surface area contributed by atoms with E-state index in [2.05, 4.69) is 10.6 Å². The van der Waals surface area contributed by atoms with Crippen LogP contribution in [0.25, 0.3) is 0 Å². The fourth-order valence-electron chi connectivity index (χ4n) is 3.36. The lowest BCUT2D eigenvalue weighted by Crippen LogP contribution is -2.19. The Morgan fingerprint density at radius 1 is 0.800 bits per heavy atom. The maximum atomic E-state index is 14.1. The number of para-hydroxylation sites is 1. The highest BCUT2D eigenvalue weighted by atomic mass is 32.2. The number of methoxy groups -OCH3 is 1. The van der Waals surface area contributed by atoms with Crippen molar-refractivity contribution in [3.63, 3.8) is 0 Å². The maximum absolute atomic E-state index is 14.1. The summed E-state index contributed by atoms with van der Waals surface area (Å²) in [6.45, 7) is 0. The summed E-state index contributed by atoms with van der Waals surface area (Å²) in [6, 6.07) is 29.5. The molecule has 4 aromatic carbocycles. The van der Waals surface area contributed by atoms with Crippen molar-refractivity contribution < 1.29 is 18.7 Å². The third kappa shape index (κ3) is 6.28. The smallest absolute Gasteiger partial charge is 0.255 e. The Morgan fingerprint density at radius 2 is 1.46 bits per heavy atom. The fourth-order valence-corrected chi connectivity index (χ4v) is 4.38. The van der Waals surface area contributed by atoms with Crippen LogP contribution in [0.5, 0.6) is 5.75 Å². The molecule has 0 saturated carbocycles. The number of hydrogen-bond acceptors (Lipinski definition) is 4. The summed E-state index contributed by atoms with van der Waals surface area (Å²) in [6.07, 6.45) is 0. The first-order valence-electron chi connectivity index (χ1n) is 10.9. The highest BCUT2D eigenvalue weighted by molar-refractivity contribution is 8.00. The molecule has 4 rings (SSSR count). The van der Waals surface area contributed by atoms with E-state index in [0.29, 0.717) is 17.0 Å². The quantitative estimate of drug-likeness (QED) is 0.277. The Hall–Kier alpha value is -4.10.